The van der Waals surface area contributed by atoms with Crippen LogP contribution in [0.4, 0.5) is 5.69 Å². The number of anilines is 1. The maximum atomic E-state index is 13.0. The molecule has 1 aliphatic heterocycles. The molecule has 2 amide bonds. The van der Waals surface area contributed by atoms with Gasteiger partial charge in [0, 0.05) is 30.9 Å². The highest BCUT2D eigenvalue weighted by molar-refractivity contribution is 6.14. The van der Waals surface area contributed by atoms with Crippen molar-refractivity contribution in [1.29, 1.82) is 0 Å². The SMILES string of the molecule is Cc1ccc(C(=O)Nc2cccnc2C(=O)NCC2COCCN2)c2ccccc12. The van der Waals surface area contributed by atoms with Crippen LogP contribution in [-0.2, 0) is 4.74 Å². The van der Waals surface area contributed by atoms with Gasteiger partial charge in [-0.25, -0.2) is 4.98 Å². The van der Waals surface area contributed by atoms with Crippen molar-refractivity contribution in [3.05, 3.63) is 71.5 Å². The summed E-state index contributed by atoms with van der Waals surface area (Å²) in [4.78, 5) is 29.9. The fraction of sp³-hybridized carbons (Fsp3) is 0.261. The zero-order chi connectivity index (χ0) is 20.9. The number of nitrogens with zero attached hydrogens (tertiary/aromatic N) is 1. The minimum absolute atomic E-state index is 0.0587. The Morgan fingerprint density at radius 1 is 1.10 bits per heavy atom. The van der Waals surface area contributed by atoms with Crippen LogP contribution in [-0.4, -0.2) is 49.1 Å². The Kier molecular flexibility index (Phi) is 6.02. The van der Waals surface area contributed by atoms with Gasteiger partial charge in [-0.15, -0.1) is 0 Å². The molecule has 7 nitrogen and oxygen atoms in total. The number of carbonyl (C=O) groups is 2. The summed E-state index contributed by atoms with van der Waals surface area (Å²) in [6.07, 6.45) is 1.54. The van der Waals surface area contributed by atoms with E-state index < -0.39 is 0 Å². The summed E-state index contributed by atoms with van der Waals surface area (Å²) in [6.45, 7) is 4.42. The van der Waals surface area contributed by atoms with E-state index in [2.05, 4.69) is 20.9 Å². The van der Waals surface area contributed by atoms with Gasteiger partial charge in [0.05, 0.1) is 18.9 Å². The van der Waals surface area contributed by atoms with Gasteiger partial charge < -0.3 is 20.7 Å². The second-order valence-electron chi connectivity index (χ2n) is 7.27. The minimum Gasteiger partial charge on any atom is -0.378 e. The Hall–Kier alpha value is -3.29. The first-order valence-corrected chi connectivity index (χ1v) is 9.97. The molecule has 1 saturated heterocycles. The van der Waals surface area contributed by atoms with Crippen molar-refractivity contribution in [2.45, 2.75) is 13.0 Å². The molecule has 0 spiro atoms. The second kappa shape index (κ2) is 9.02. The van der Waals surface area contributed by atoms with Gasteiger partial charge >= 0.3 is 0 Å². The van der Waals surface area contributed by atoms with Crippen LogP contribution in [0.25, 0.3) is 10.8 Å². The third kappa shape index (κ3) is 4.32. The number of aryl methyl sites for hydroxylation is 1. The summed E-state index contributed by atoms with van der Waals surface area (Å²) < 4.78 is 5.40. The van der Waals surface area contributed by atoms with Crippen LogP contribution in [0.2, 0.25) is 0 Å². The summed E-state index contributed by atoms with van der Waals surface area (Å²) in [5, 5.41) is 10.9. The van der Waals surface area contributed by atoms with E-state index in [0.29, 0.717) is 31.0 Å². The Bertz CT molecular complexity index is 1080. The van der Waals surface area contributed by atoms with E-state index in [1.165, 1.54) is 6.20 Å². The van der Waals surface area contributed by atoms with Gasteiger partial charge in [-0.05, 0) is 41.5 Å². The van der Waals surface area contributed by atoms with Crippen molar-refractivity contribution < 1.29 is 14.3 Å². The first kappa shape index (κ1) is 20.0. The van der Waals surface area contributed by atoms with Gasteiger partial charge in [-0.1, -0.05) is 30.3 Å². The average Bonchev–Trinajstić information content (AvgIpc) is 2.79. The average molecular weight is 404 g/mol. The predicted molar refractivity (Wildman–Crippen MR) is 116 cm³/mol. The number of hydrogen-bond donors (Lipinski definition) is 3. The smallest absolute Gasteiger partial charge is 0.272 e. The molecule has 0 radical (unpaired) electrons. The van der Waals surface area contributed by atoms with Crippen molar-refractivity contribution in [2.75, 3.05) is 31.6 Å². The fourth-order valence-corrected chi connectivity index (χ4v) is 3.57. The molecule has 1 aromatic heterocycles. The quantitative estimate of drug-likeness (QED) is 0.608. The van der Waals surface area contributed by atoms with E-state index in [1.54, 1.807) is 18.2 Å². The second-order valence-corrected chi connectivity index (χ2v) is 7.27. The molecule has 1 aliphatic rings. The maximum Gasteiger partial charge on any atom is 0.272 e. The monoisotopic (exact) mass is 404 g/mol. The number of carbonyl (C=O) groups excluding carboxylic acids is 2. The molecular weight excluding hydrogens is 380 g/mol. The van der Waals surface area contributed by atoms with Crippen LogP contribution in [0.3, 0.4) is 0 Å². The van der Waals surface area contributed by atoms with Crippen molar-refractivity contribution in [2.24, 2.45) is 0 Å². The highest BCUT2D eigenvalue weighted by Gasteiger charge is 2.19. The number of rotatable bonds is 5. The fourth-order valence-electron chi connectivity index (χ4n) is 3.57. The first-order valence-electron chi connectivity index (χ1n) is 9.97. The molecule has 1 unspecified atom stereocenters. The lowest BCUT2D eigenvalue weighted by Gasteiger charge is -2.24. The Labute approximate surface area is 174 Å². The summed E-state index contributed by atoms with van der Waals surface area (Å²) in [5.74, 6) is -0.623. The molecule has 30 heavy (non-hydrogen) atoms. The number of pyridine rings is 1. The Morgan fingerprint density at radius 3 is 2.73 bits per heavy atom. The van der Waals surface area contributed by atoms with Crippen LogP contribution in [0.1, 0.15) is 26.4 Å². The van der Waals surface area contributed by atoms with Crippen LogP contribution >= 0.6 is 0 Å². The van der Waals surface area contributed by atoms with Crippen LogP contribution in [0.15, 0.2) is 54.7 Å². The van der Waals surface area contributed by atoms with Gasteiger partial charge in [0.15, 0.2) is 5.69 Å². The standard InChI is InChI=1S/C23H24N4O3/c1-15-8-9-19(18-6-3-2-5-17(15)18)22(28)27-20-7-4-10-25-21(20)23(29)26-13-16-14-30-12-11-24-16/h2-10,16,24H,11-14H2,1H3,(H,26,29)(H,27,28). The summed E-state index contributed by atoms with van der Waals surface area (Å²) >= 11 is 0. The number of morpholine rings is 1. The van der Waals surface area contributed by atoms with E-state index in [9.17, 15) is 9.59 Å². The maximum absolute atomic E-state index is 13.0. The van der Waals surface area contributed by atoms with E-state index in [1.807, 2.05) is 37.3 Å². The van der Waals surface area contributed by atoms with Gasteiger partial charge in [0.25, 0.3) is 11.8 Å². The molecule has 2 aromatic carbocycles. The lowest BCUT2D eigenvalue weighted by atomic mass is 10.00. The molecule has 2 heterocycles. The molecule has 1 atom stereocenters. The molecule has 7 heteroatoms. The van der Waals surface area contributed by atoms with Gasteiger partial charge in [0.1, 0.15) is 0 Å². The molecule has 1 fully saturated rings. The number of aromatic nitrogens is 1. The lowest BCUT2D eigenvalue weighted by molar-refractivity contribution is 0.0734. The van der Waals surface area contributed by atoms with Crippen LogP contribution in [0.5, 0.6) is 0 Å². The summed E-state index contributed by atoms with van der Waals surface area (Å²) in [5.41, 5.74) is 2.20. The lowest BCUT2D eigenvalue weighted by Crippen LogP contribution is -2.48. The molecular formula is C23H24N4O3. The van der Waals surface area contributed by atoms with E-state index in [-0.39, 0.29) is 23.6 Å². The van der Waals surface area contributed by atoms with Crippen molar-refractivity contribution >= 4 is 28.3 Å². The number of ether oxygens (including phenoxy) is 1. The third-order valence-electron chi connectivity index (χ3n) is 5.17. The zero-order valence-corrected chi connectivity index (χ0v) is 16.8. The van der Waals surface area contributed by atoms with Crippen LogP contribution in [0, 0.1) is 6.92 Å². The predicted octanol–water partition coefficient (Wildman–Crippen LogP) is 2.51. The van der Waals surface area contributed by atoms with Gasteiger partial charge in [-0.2, -0.15) is 0 Å². The highest BCUT2D eigenvalue weighted by atomic mass is 16.5. The van der Waals surface area contributed by atoms with Crippen molar-refractivity contribution in [3.63, 3.8) is 0 Å². The number of amides is 2. The van der Waals surface area contributed by atoms with Crippen molar-refractivity contribution in [3.8, 4) is 0 Å². The normalized spacial score (nSPS) is 16.2. The number of fused-ring (bicyclic) bond motifs is 1. The van der Waals surface area contributed by atoms with Gasteiger partial charge in [0.2, 0.25) is 0 Å². The molecule has 3 N–H and O–H groups in total. The van der Waals surface area contributed by atoms with Crippen molar-refractivity contribution in [1.82, 2.24) is 15.6 Å². The molecule has 0 bridgehead atoms. The van der Waals surface area contributed by atoms with Gasteiger partial charge in [-0.3, -0.25) is 9.59 Å². The molecule has 3 aromatic rings. The number of hydrogen-bond acceptors (Lipinski definition) is 5. The number of benzene rings is 2. The highest BCUT2D eigenvalue weighted by Crippen LogP contribution is 2.23. The molecule has 154 valence electrons. The zero-order valence-electron chi connectivity index (χ0n) is 16.8. The van der Waals surface area contributed by atoms with E-state index in [0.717, 1.165) is 22.9 Å². The van der Waals surface area contributed by atoms with E-state index in [4.69, 9.17) is 4.74 Å². The summed E-state index contributed by atoms with van der Waals surface area (Å²) in [7, 11) is 0. The summed E-state index contributed by atoms with van der Waals surface area (Å²) in [6, 6.07) is 14.9. The van der Waals surface area contributed by atoms with E-state index >= 15 is 0 Å². The molecule has 0 saturated carbocycles. The molecule has 0 aliphatic carbocycles. The Morgan fingerprint density at radius 2 is 1.93 bits per heavy atom. The largest absolute Gasteiger partial charge is 0.378 e. The first-order chi connectivity index (χ1) is 14.6. The Balaban J connectivity index is 1.52. The van der Waals surface area contributed by atoms with Crippen LogP contribution < -0.4 is 16.0 Å². The molecule has 4 rings (SSSR count). The minimum atomic E-state index is -0.341. The third-order valence-corrected chi connectivity index (χ3v) is 5.17. The number of nitrogens with one attached hydrogen (secondary N) is 3. The topological polar surface area (TPSA) is 92.4 Å².